The lowest BCUT2D eigenvalue weighted by Crippen LogP contribution is -2.67. The van der Waals surface area contributed by atoms with Crippen molar-refractivity contribution < 1.29 is 23.0 Å². The fraction of sp³-hybridized carbons (Fsp3) is 0.895. The van der Waals surface area contributed by atoms with Crippen LogP contribution >= 0.6 is 11.6 Å². The van der Waals surface area contributed by atoms with E-state index in [1.807, 2.05) is 13.8 Å². The standard InChI is InChI=1S/C19H34ClNO5SSi/c1-10-25-17(23)15-19(20,27(7)24)11(2)14-13(16(22)21(14)15)12(3)26-28(8,9)18(4,5)6/h11-15H,10H2,1-9H3/t11-,12-,13-,14-,15?,19?,27?/m1/s1. The van der Waals surface area contributed by atoms with Gasteiger partial charge in [0.1, 0.15) is 0 Å². The second-order valence-corrected chi connectivity index (χ2v) is 16.6. The largest absolute Gasteiger partial charge is 0.464 e. The predicted octanol–water partition coefficient (Wildman–Crippen LogP) is 3.12. The van der Waals surface area contributed by atoms with E-state index in [1.165, 1.54) is 11.2 Å². The molecule has 6 nitrogen and oxygen atoms in total. The number of β-lactam (4-membered cyclic amide) rings is 1. The fourth-order valence-corrected chi connectivity index (χ4v) is 7.13. The summed E-state index contributed by atoms with van der Waals surface area (Å²) in [5.74, 6) is -1.49. The number of carbonyl (C=O) groups is 2. The van der Waals surface area contributed by atoms with Crippen molar-refractivity contribution in [3.05, 3.63) is 0 Å². The molecule has 2 heterocycles. The molecular formula is C19H34ClNO5SSi. The molecule has 162 valence electrons. The maximum Gasteiger partial charge on any atom is 0.331 e. The van der Waals surface area contributed by atoms with Crippen LogP contribution in [0.1, 0.15) is 41.5 Å². The van der Waals surface area contributed by atoms with Crippen molar-refractivity contribution in [3.63, 3.8) is 0 Å². The highest BCUT2D eigenvalue weighted by molar-refractivity contribution is 7.87. The SMILES string of the molecule is CCOC(=O)C1N2C(=O)[C@H]([C@@H](C)O[Si](C)(C)C(C)(C)C)[C@H]2[C@@H](C)C1(Cl)S(C)=O. The van der Waals surface area contributed by atoms with Gasteiger partial charge in [0.15, 0.2) is 18.6 Å². The first kappa shape index (κ1) is 23.8. The van der Waals surface area contributed by atoms with Crippen LogP contribution in [0, 0.1) is 11.8 Å². The fourth-order valence-electron chi connectivity index (χ4n) is 4.19. The van der Waals surface area contributed by atoms with Gasteiger partial charge in [-0.3, -0.25) is 9.00 Å². The minimum atomic E-state index is -2.07. The molecule has 2 fully saturated rings. The van der Waals surface area contributed by atoms with E-state index >= 15 is 0 Å². The molecule has 0 N–H and O–H groups in total. The van der Waals surface area contributed by atoms with Gasteiger partial charge in [0.05, 0.1) is 24.7 Å². The molecule has 0 spiro atoms. The van der Waals surface area contributed by atoms with E-state index in [4.69, 9.17) is 20.8 Å². The topological polar surface area (TPSA) is 72.9 Å². The Kier molecular flexibility index (Phi) is 6.53. The molecule has 2 aliphatic heterocycles. The summed E-state index contributed by atoms with van der Waals surface area (Å²) in [7, 11) is -3.60. The van der Waals surface area contributed by atoms with Gasteiger partial charge in [-0.15, -0.1) is 11.6 Å². The quantitative estimate of drug-likeness (QED) is 0.268. The summed E-state index contributed by atoms with van der Waals surface area (Å²) < 4.78 is 22.8. The van der Waals surface area contributed by atoms with Crippen LogP contribution < -0.4 is 0 Å². The summed E-state index contributed by atoms with van der Waals surface area (Å²) in [6.07, 6.45) is 1.18. The molecule has 0 bridgehead atoms. The lowest BCUT2D eigenvalue weighted by atomic mass is 9.79. The first-order valence-electron chi connectivity index (χ1n) is 9.82. The van der Waals surface area contributed by atoms with Gasteiger partial charge >= 0.3 is 5.97 Å². The highest BCUT2D eigenvalue weighted by atomic mass is 35.5. The maximum absolute atomic E-state index is 13.1. The molecule has 0 aromatic carbocycles. The molecule has 0 saturated carbocycles. The average molecular weight is 452 g/mol. The van der Waals surface area contributed by atoms with Gasteiger partial charge in [0, 0.05) is 23.0 Å². The zero-order chi connectivity index (χ0) is 21.8. The molecule has 0 aliphatic carbocycles. The van der Waals surface area contributed by atoms with Crippen molar-refractivity contribution in [1.29, 1.82) is 0 Å². The van der Waals surface area contributed by atoms with Crippen LogP contribution in [0.3, 0.4) is 0 Å². The Morgan fingerprint density at radius 1 is 1.39 bits per heavy atom. The van der Waals surface area contributed by atoms with E-state index in [1.54, 1.807) is 6.92 Å². The number of hydrogen-bond acceptors (Lipinski definition) is 5. The van der Waals surface area contributed by atoms with Crippen LogP contribution in [0.25, 0.3) is 0 Å². The monoisotopic (exact) mass is 451 g/mol. The maximum atomic E-state index is 13.1. The van der Waals surface area contributed by atoms with Crippen molar-refractivity contribution in [1.82, 2.24) is 4.90 Å². The highest BCUT2D eigenvalue weighted by Gasteiger charge is 2.72. The van der Waals surface area contributed by atoms with E-state index in [2.05, 4.69) is 33.9 Å². The van der Waals surface area contributed by atoms with Crippen LogP contribution in [0.15, 0.2) is 0 Å². The number of halogens is 1. The lowest BCUT2D eigenvalue weighted by molar-refractivity contribution is -0.172. The molecule has 2 aliphatic rings. The lowest BCUT2D eigenvalue weighted by Gasteiger charge is -2.50. The molecule has 1 amide bonds. The first-order valence-corrected chi connectivity index (χ1v) is 14.7. The number of ether oxygens (including phenoxy) is 1. The van der Waals surface area contributed by atoms with Crippen LogP contribution in [-0.2, 0) is 29.6 Å². The second kappa shape index (κ2) is 7.67. The number of hydrogen-bond donors (Lipinski definition) is 0. The Morgan fingerprint density at radius 2 is 1.93 bits per heavy atom. The van der Waals surface area contributed by atoms with Gasteiger partial charge in [-0.2, -0.15) is 0 Å². The number of esters is 1. The Balaban J connectivity index is 2.35. The van der Waals surface area contributed by atoms with E-state index in [-0.39, 0.29) is 35.6 Å². The van der Waals surface area contributed by atoms with Crippen molar-refractivity contribution in [2.24, 2.45) is 11.8 Å². The summed E-state index contributed by atoms with van der Waals surface area (Å²) in [5.41, 5.74) is 0. The molecule has 9 heteroatoms. The summed E-state index contributed by atoms with van der Waals surface area (Å²) in [4.78, 5) is 27.2. The number of amides is 1. The van der Waals surface area contributed by atoms with Gasteiger partial charge in [-0.05, 0) is 32.0 Å². The normalized spacial score (nSPS) is 35.2. The molecule has 0 radical (unpaired) electrons. The number of nitrogens with zero attached hydrogens (tertiary/aromatic N) is 1. The molecule has 2 rings (SSSR count). The van der Waals surface area contributed by atoms with Crippen LogP contribution in [0.5, 0.6) is 0 Å². The van der Waals surface area contributed by atoms with Gasteiger partial charge in [-0.25, -0.2) is 4.79 Å². The molecular weight excluding hydrogens is 418 g/mol. The number of alkyl halides is 1. The van der Waals surface area contributed by atoms with Crippen molar-refractivity contribution in [3.8, 4) is 0 Å². The van der Waals surface area contributed by atoms with Gasteiger partial charge in [0.2, 0.25) is 5.91 Å². The van der Waals surface area contributed by atoms with Gasteiger partial charge in [-0.1, -0.05) is 27.7 Å². The number of carbonyl (C=O) groups excluding carboxylic acids is 2. The Labute approximate surface area is 177 Å². The van der Waals surface area contributed by atoms with Gasteiger partial charge < -0.3 is 14.1 Å². The number of rotatable bonds is 6. The molecule has 2 saturated heterocycles. The van der Waals surface area contributed by atoms with Crippen molar-refractivity contribution in [2.75, 3.05) is 12.9 Å². The van der Waals surface area contributed by atoms with E-state index in [9.17, 15) is 13.8 Å². The summed E-state index contributed by atoms with van der Waals surface area (Å²) in [6.45, 7) is 16.4. The molecule has 0 aromatic heterocycles. The minimum absolute atomic E-state index is 0.0175. The summed E-state index contributed by atoms with van der Waals surface area (Å²) in [5, 5.41) is 0.0175. The molecule has 0 aromatic rings. The Hall–Kier alpha value is -0.443. The molecule has 28 heavy (non-hydrogen) atoms. The molecule has 3 unspecified atom stereocenters. The van der Waals surface area contributed by atoms with Crippen LogP contribution in [-0.4, -0.2) is 64.6 Å². The smallest absolute Gasteiger partial charge is 0.331 e. The van der Waals surface area contributed by atoms with Crippen LogP contribution in [0.2, 0.25) is 18.1 Å². The minimum Gasteiger partial charge on any atom is -0.464 e. The summed E-state index contributed by atoms with van der Waals surface area (Å²) >= 11 is 6.80. The average Bonchev–Trinajstić information content (AvgIpc) is 2.73. The predicted molar refractivity (Wildman–Crippen MR) is 114 cm³/mol. The third kappa shape index (κ3) is 3.48. The second-order valence-electron chi connectivity index (χ2n) is 9.44. The summed E-state index contributed by atoms with van der Waals surface area (Å²) in [6, 6.07) is -1.33. The molecule has 7 atom stereocenters. The van der Waals surface area contributed by atoms with Crippen molar-refractivity contribution >= 4 is 42.6 Å². The van der Waals surface area contributed by atoms with E-state index in [0.29, 0.717) is 0 Å². The Bertz CT molecular complexity index is 682. The Morgan fingerprint density at radius 3 is 2.36 bits per heavy atom. The zero-order valence-electron chi connectivity index (χ0n) is 18.4. The highest BCUT2D eigenvalue weighted by Crippen LogP contribution is 2.55. The van der Waals surface area contributed by atoms with Crippen LogP contribution in [0.4, 0.5) is 0 Å². The van der Waals surface area contributed by atoms with E-state index in [0.717, 1.165) is 0 Å². The zero-order valence-corrected chi connectivity index (χ0v) is 20.9. The van der Waals surface area contributed by atoms with Crippen molar-refractivity contribution in [2.45, 2.75) is 82.1 Å². The van der Waals surface area contributed by atoms with E-state index < -0.39 is 41.3 Å². The number of fused-ring (bicyclic) bond motifs is 1. The van der Waals surface area contributed by atoms with Gasteiger partial charge in [0.25, 0.3) is 0 Å². The third-order valence-corrected chi connectivity index (χ3v) is 14.0. The first-order chi connectivity index (χ1) is 12.6. The third-order valence-electron chi connectivity index (χ3n) is 6.76.